The Morgan fingerprint density at radius 1 is 0.818 bits per heavy atom. The number of carbonyl (C=O) groups is 1. The third-order valence-corrected chi connectivity index (χ3v) is 17.2. The fraction of sp³-hybridized carbons (Fsp3) is 0.929. The van der Waals surface area contributed by atoms with Gasteiger partial charge in [-0.2, -0.15) is 0 Å². The molecule has 18 atom stereocenters. The van der Waals surface area contributed by atoms with E-state index < -0.39 is 78.8 Å². The van der Waals surface area contributed by atoms with Crippen molar-refractivity contribution in [2.45, 2.75) is 167 Å². The molecule has 0 aromatic rings. The highest BCUT2D eigenvalue weighted by atomic mass is 16.8. The van der Waals surface area contributed by atoms with Gasteiger partial charge in [0.2, 0.25) is 0 Å². The average Bonchev–Trinajstić information content (AvgIpc) is 3.15. The molecule has 5 aliphatic carbocycles. The molecular weight excluding hydrogens is 712 g/mol. The van der Waals surface area contributed by atoms with Gasteiger partial charge in [0.25, 0.3) is 0 Å². The van der Waals surface area contributed by atoms with Crippen molar-refractivity contribution in [2.24, 2.45) is 50.2 Å². The van der Waals surface area contributed by atoms with Gasteiger partial charge in [0, 0.05) is 5.41 Å². The second kappa shape index (κ2) is 14.5. The zero-order valence-corrected chi connectivity index (χ0v) is 33.9. The normalized spacial score (nSPS) is 53.5. The van der Waals surface area contributed by atoms with Gasteiger partial charge in [0.15, 0.2) is 12.6 Å². The minimum absolute atomic E-state index is 0.0344. The summed E-state index contributed by atoms with van der Waals surface area (Å²) in [6.45, 7) is 13.1. The molecule has 7 aliphatic rings. The largest absolute Gasteiger partial charge is 0.469 e. The Kier molecular flexibility index (Phi) is 11.0. The predicted octanol–water partition coefficient (Wildman–Crippen LogP) is 2.58. The van der Waals surface area contributed by atoms with Crippen molar-refractivity contribution in [1.29, 1.82) is 0 Å². The zero-order chi connectivity index (χ0) is 40.1. The molecule has 13 nitrogen and oxygen atoms in total. The maximum atomic E-state index is 13.6. The summed E-state index contributed by atoms with van der Waals surface area (Å²) < 4.78 is 29.7. The van der Waals surface area contributed by atoms with Crippen LogP contribution in [-0.2, 0) is 28.5 Å². The van der Waals surface area contributed by atoms with E-state index >= 15 is 0 Å². The maximum absolute atomic E-state index is 13.6. The van der Waals surface area contributed by atoms with Gasteiger partial charge in [0.05, 0.1) is 38.4 Å². The van der Waals surface area contributed by atoms with Crippen molar-refractivity contribution in [1.82, 2.24) is 0 Å². The smallest absolute Gasteiger partial charge is 0.312 e. The number of carbonyl (C=O) groups excluding carboxylic acids is 1. The number of hydrogen-bond acceptors (Lipinski definition) is 13. The fourth-order valence-corrected chi connectivity index (χ4v) is 13.6. The summed E-state index contributed by atoms with van der Waals surface area (Å²) >= 11 is 0. The molecule has 6 fully saturated rings. The Morgan fingerprint density at radius 2 is 1.53 bits per heavy atom. The molecule has 55 heavy (non-hydrogen) atoms. The first kappa shape index (κ1) is 41.9. The predicted molar refractivity (Wildman–Crippen MR) is 198 cm³/mol. The molecule has 7 rings (SSSR count). The lowest BCUT2D eigenvalue weighted by molar-refractivity contribution is -0.368. The van der Waals surface area contributed by atoms with E-state index in [0.29, 0.717) is 12.3 Å². The lowest BCUT2D eigenvalue weighted by Gasteiger charge is -2.71. The second-order valence-corrected chi connectivity index (χ2v) is 20.2. The summed E-state index contributed by atoms with van der Waals surface area (Å²) in [6, 6.07) is 0. The average molecular weight is 781 g/mol. The van der Waals surface area contributed by atoms with Gasteiger partial charge in [-0.15, -0.1) is 0 Å². The van der Waals surface area contributed by atoms with Crippen LogP contribution in [-0.4, -0.2) is 130 Å². The van der Waals surface area contributed by atoms with Crippen molar-refractivity contribution >= 4 is 5.97 Å². The Hall–Kier alpha value is -1.23. The van der Waals surface area contributed by atoms with Gasteiger partial charge in [0.1, 0.15) is 42.7 Å². The Balaban J connectivity index is 1.15. The molecule has 0 aromatic carbocycles. The van der Waals surface area contributed by atoms with Crippen molar-refractivity contribution in [3.05, 3.63) is 11.6 Å². The molecule has 2 saturated heterocycles. The molecule has 13 heteroatoms. The van der Waals surface area contributed by atoms with E-state index in [1.54, 1.807) is 0 Å². The number of hydrogen-bond donors (Lipinski definition) is 7. The van der Waals surface area contributed by atoms with E-state index in [1.807, 2.05) is 0 Å². The molecule has 2 aliphatic heterocycles. The van der Waals surface area contributed by atoms with E-state index in [2.05, 4.69) is 47.6 Å². The van der Waals surface area contributed by atoms with Crippen LogP contribution in [0.1, 0.15) is 106 Å². The van der Waals surface area contributed by atoms with Crippen LogP contribution < -0.4 is 0 Å². The van der Waals surface area contributed by atoms with E-state index in [0.717, 1.165) is 57.8 Å². The van der Waals surface area contributed by atoms with Crippen LogP contribution >= 0.6 is 0 Å². The van der Waals surface area contributed by atoms with Gasteiger partial charge in [-0.3, -0.25) is 4.79 Å². The van der Waals surface area contributed by atoms with Crippen LogP contribution in [0.3, 0.4) is 0 Å². The lowest BCUT2D eigenvalue weighted by Crippen LogP contribution is -2.67. The number of ether oxygens (including phenoxy) is 5. The molecule has 0 spiro atoms. The van der Waals surface area contributed by atoms with Crippen molar-refractivity contribution < 1.29 is 64.2 Å². The van der Waals surface area contributed by atoms with Crippen molar-refractivity contribution in [3.63, 3.8) is 0 Å². The van der Waals surface area contributed by atoms with Gasteiger partial charge < -0.3 is 59.4 Å². The highest BCUT2D eigenvalue weighted by molar-refractivity contribution is 5.78. The standard InChI is InChI=1S/C42H68O13/c1-37(2)14-16-42(36(50)51-7)17-15-40(5)22(23(42)18-37)8-9-27-38(3)12-11-28(39(4,21-44)26(38)10-13-41(27,40)6)54-35-33(29(46)24(45)20-52-35)55-34-32(49)31(48)30(47)25(19-43)53-34/h8,23-35,43-49H,9-21H2,1-7H3/t23-,24-,25+,26+,27+,28-,29-,30+,31-,32+,33+,34-,35+,38-,39-,40+,41+,42-/m0/s1. The summed E-state index contributed by atoms with van der Waals surface area (Å²) in [7, 11) is 1.54. The Morgan fingerprint density at radius 3 is 2.20 bits per heavy atom. The molecule has 0 radical (unpaired) electrons. The van der Waals surface area contributed by atoms with Crippen LogP contribution in [0.25, 0.3) is 0 Å². The first-order chi connectivity index (χ1) is 25.8. The van der Waals surface area contributed by atoms with Crippen LogP contribution in [0, 0.1) is 50.2 Å². The third-order valence-electron chi connectivity index (χ3n) is 17.2. The number of aliphatic hydroxyl groups is 7. The topological polar surface area (TPSA) is 205 Å². The van der Waals surface area contributed by atoms with Gasteiger partial charge in [-0.05, 0) is 104 Å². The highest BCUT2D eigenvalue weighted by Gasteiger charge is 2.70. The number of fused-ring (bicyclic) bond motifs is 7. The van der Waals surface area contributed by atoms with E-state index in [4.69, 9.17) is 23.7 Å². The Bertz CT molecular complexity index is 1470. The van der Waals surface area contributed by atoms with Gasteiger partial charge >= 0.3 is 5.97 Å². The number of esters is 1. The monoisotopic (exact) mass is 780 g/mol. The molecule has 0 aromatic heterocycles. The van der Waals surface area contributed by atoms with Crippen LogP contribution in [0.5, 0.6) is 0 Å². The molecule has 314 valence electrons. The summed E-state index contributed by atoms with van der Waals surface area (Å²) in [5.41, 5.74) is 0.141. The second-order valence-electron chi connectivity index (χ2n) is 20.2. The van der Waals surface area contributed by atoms with Gasteiger partial charge in [-0.1, -0.05) is 53.2 Å². The number of methoxy groups -OCH3 is 1. The minimum atomic E-state index is -1.73. The number of allylic oxidation sites excluding steroid dienone is 2. The zero-order valence-electron chi connectivity index (χ0n) is 33.9. The third kappa shape index (κ3) is 6.23. The van der Waals surface area contributed by atoms with Crippen LogP contribution in [0.2, 0.25) is 0 Å². The quantitative estimate of drug-likeness (QED) is 0.113. The minimum Gasteiger partial charge on any atom is -0.469 e. The van der Waals surface area contributed by atoms with E-state index in [-0.39, 0.29) is 52.7 Å². The van der Waals surface area contributed by atoms with Gasteiger partial charge in [-0.25, -0.2) is 0 Å². The summed E-state index contributed by atoms with van der Waals surface area (Å²) in [5.74, 6) is 0.503. The lowest BCUT2D eigenvalue weighted by atomic mass is 9.33. The van der Waals surface area contributed by atoms with Crippen LogP contribution in [0.4, 0.5) is 0 Å². The number of rotatable bonds is 7. The SMILES string of the molecule is COC(=O)[C@]12CCC(C)(C)C[C@H]1C1=CC[C@@H]3[C@@]4(C)CC[C@H](O[C@H]5OC[C@H](O)[C@H](O)[C@H]5O[C@@H]5O[C@H](CO)[C@@H](O)[C@H](O)[C@H]5O)[C@@](C)(CO)[C@@H]4CC[C@@]3(C)[C@]1(C)CC2. The first-order valence-electron chi connectivity index (χ1n) is 20.8. The van der Waals surface area contributed by atoms with Crippen LogP contribution in [0.15, 0.2) is 11.6 Å². The summed E-state index contributed by atoms with van der Waals surface area (Å²) in [6.07, 6.45) is -2.51. The highest BCUT2D eigenvalue weighted by Crippen LogP contribution is 2.76. The molecule has 7 N–H and O–H groups in total. The maximum Gasteiger partial charge on any atom is 0.312 e. The van der Waals surface area contributed by atoms with Crippen molar-refractivity contribution in [3.8, 4) is 0 Å². The molecule has 0 bridgehead atoms. The Labute approximate surface area is 325 Å². The molecule has 4 saturated carbocycles. The van der Waals surface area contributed by atoms with E-state index in [1.165, 1.54) is 12.7 Å². The molecule has 2 heterocycles. The number of aliphatic hydroxyl groups excluding tert-OH is 7. The fourth-order valence-electron chi connectivity index (χ4n) is 13.6. The first-order valence-corrected chi connectivity index (χ1v) is 20.8. The van der Waals surface area contributed by atoms with Crippen molar-refractivity contribution in [2.75, 3.05) is 26.9 Å². The summed E-state index contributed by atoms with van der Waals surface area (Å²) in [4.78, 5) is 13.6. The molecule has 0 unspecified atom stereocenters. The molecular formula is C42H68O13. The van der Waals surface area contributed by atoms with E-state index in [9.17, 15) is 40.5 Å². The summed E-state index contributed by atoms with van der Waals surface area (Å²) in [5, 5.41) is 74.1. The molecule has 0 amide bonds.